The highest BCUT2D eigenvalue weighted by Crippen LogP contribution is 2.32. The first kappa shape index (κ1) is 12.4. The van der Waals surface area contributed by atoms with Crippen LogP contribution in [0.3, 0.4) is 0 Å². The number of hydrogen-bond acceptors (Lipinski definition) is 3. The van der Waals surface area contributed by atoms with E-state index in [1.54, 1.807) is 7.05 Å². The van der Waals surface area contributed by atoms with Crippen LogP contribution < -0.4 is 5.32 Å². The minimum atomic E-state index is 0.174. The molecule has 4 heteroatoms. The second kappa shape index (κ2) is 5.50. The largest absolute Gasteiger partial charge is 0.359 e. The molecule has 0 aromatic carbocycles. The topological polar surface area (TPSA) is 56.1 Å². The first-order valence-corrected chi connectivity index (χ1v) is 6.61. The van der Waals surface area contributed by atoms with Crippen molar-refractivity contribution in [3.8, 4) is 6.07 Å². The van der Waals surface area contributed by atoms with Crippen molar-refractivity contribution in [2.24, 2.45) is 11.8 Å². The molecule has 2 fully saturated rings. The van der Waals surface area contributed by atoms with E-state index in [-0.39, 0.29) is 17.7 Å². The summed E-state index contributed by atoms with van der Waals surface area (Å²) in [6, 6.07) is 2.89. The SMILES string of the molecule is CNC(=O)C1CCN(C2CCCC2C#N)CC1. The molecule has 0 radical (unpaired) electrons. The van der Waals surface area contributed by atoms with Gasteiger partial charge in [0.25, 0.3) is 0 Å². The minimum absolute atomic E-state index is 0.174. The van der Waals surface area contributed by atoms with Crippen LogP contribution in [0.4, 0.5) is 0 Å². The number of likely N-dealkylation sites (tertiary alicyclic amines) is 1. The molecule has 94 valence electrons. The number of nitriles is 1. The zero-order chi connectivity index (χ0) is 12.3. The van der Waals surface area contributed by atoms with Gasteiger partial charge in [-0.2, -0.15) is 5.26 Å². The Bertz CT molecular complexity index is 315. The van der Waals surface area contributed by atoms with Gasteiger partial charge in [-0.1, -0.05) is 6.42 Å². The highest BCUT2D eigenvalue weighted by molar-refractivity contribution is 5.78. The average molecular weight is 235 g/mol. The Kier molecular flexibility index (Phi) is 4.01. The Morgan fingerprint density at radius 3 is 2.59 bits per heavy atom. The Morgan fingerprint density at radius 1 is 1.29 bits per heavy atom. The molecule has 1 heterocycles. The maximum absolute atomic E-state index is 11.5. The van der Waals surface area contributed by atoms with Crippen LogP contribution in [0.1, 0.15) is 32.1 Å². The zero-order valence-electron chi connectivity index (χ0n) is 10.5. The predicted molar refractivity (Wildman–Crippen MR) is 65.1 cm³/mol. The van der Waals surface area contributed by atoms with Crippen molar-refractivity contribution in [2.75, 3.05) is 20.1 Å². The third-order valence-corrected chi connectivity index (χ3v) is 4.26. The Hall–Kier alpha value is -1.08. The lowest BCUT2D eigenvalue weighted by molar-refractivity contribution is -0.126. The van der Waals surface area contributed by atoms with Crippen molar-refractivity contribution < 1.29 is 4.79 Å². The van der Waals surface area contributed by atoms with E-state index in [0.717, 1.165) is 38.8 Å². The van der Waals surface area contributed by atoms with Gasteiger partial charge < -0.3 is 5.32 Å². The molecule has 1 N–H and O–H groups in total. The standard InChI is InChI=1S/C13H21N3O/c1-15-13(17)10-5-7-16(8-6-10)12-4-2-3-11(12)9-14/h10-12H,2-8H2,1H3,(H,15,17). The molecule has 2 unspecified atom stereocenters. The summed E-state index contributed by atoms with van der Waals surface area (Å²) < 4.78 is 0. The number of carbonyl (C=O) groups excluding carboxylic acids is 1. The van der Waals surface area contributed by atoms with E-state index in [4.69, 9.17) is 5.26 Å². The average Bonchev–Trinajstić information content (AvgIpc) is 2.86. The van der Waals surface area contributed by atoms with Crippen LogP contribution >= 0.6 is 0 Å². The van der Waals surface area contributed by atoms with Crippen LogP contribution in [0, 0.1) is 23.2 Å². The van der Waals surface area contributed by atoms with Gasteiger partial charge in [-0.05, 0) is 38.8 Å². The maximum atomic E-state index is 11.5. The number of rotatable bonds is 2. The summed E-state index contributed by atoms with van der Waals surface area (Å²) >= 11 is 0. The molecule has 0 spiro atoms. The summed E-state index contributed by atoms with van der Waals surface area (Å²) in [6.45, 7) is 1.95. The van der Waals surface area contributed by atoms with Crippen LogP contribution in [0.25, 0.3) is 0 Å². The Balaban J connectivity index is 1.87. The summed E-state index contributed by atoms with van der Waals surface area (Å²) in [5.74, 6) is 0.567. The number of piperidine rings is 1. The highest BCUT2D eigenvalue weighted by atomic mass is 16.1. The molecule has 2 rings (SSSR count). The summed E-state index contributed by atoms with van der Waals surface area (Å²) in [6.07, 6.45) is 5.26. The molecule has 4 nitrogen and oxygen atoms in total. The van der Waals surface area contributed by atoms with E-state index in [1.807, 2.05) is 0 Å². The van der Waals surface area contributed by atoms with Gasteiger partial charge in [0, 0.05) is 19.0 Å². The Labute approximate surface area is 103 Å². The highest BCUT2D eigenvalue weighted by Gasteiger charge is 2.35. The fourth-order valence-corrected chi connectivity index (χ4v) is 3.23. The van der Waals surface area contributed by atoms with Crippen LogP contribution in [0.5, 0.6) is 0 Å². The van der Waals surface area contributed by atoms with Gasteiger partial charge in [-0.3, -0.25) is 9.69 Å². The fourth-order valence-electron chi connectivity index (χ4n) is 3.23. The molecule has 0 aromatic rings. The van der Waals surface area contributed by atoms with Crippen LogP contribution in [0.15, 0.2) is 0 Å². The molecule has 0 bridgehead atoms. The molecule has 1 aliphatic heterocycles. The quantitative estimate of drug-likeness (QED) is 0.780. The second-order valence-corrected chi connectivity index (χ2v) is 5.16. The summed E-state index contributed by atoms with van der Waals surface area (Å²) in [7, 11) is 1.71. The molecule has 1 saturated heterocycles. The van der Waals surface area contributed by atoms with E-state index in [1.165, 1.54) is 6.42 Å². The first-order chi connectivity index (χ1) is 8.26. The van der Waals surface area contributed by atoms with Crippen molar-refractivity contribution in [3.05, 3.63) is 0 Å². The van der Waals surface area contributed by atoms with Crippen LogP contribution in [-0.4, -0.2) is 37.0 Å². The van der Waals surface area contributed by atoms with Gasteiger partial charge in [-0.15, -0.1) is 0 Å². The molecule has 1 amide bonds. The van der Waals surface area contributed by atoms with Gasteiger partial charge >= 0.3 is 0 Å². The van der Waals surface area contributed by atoms with Crippen molar-refractivity contribution in [2.45, 2.75) is 38.1 Å². The molecular weight excluding hydrogens is 214 g/mol. The van der Waals surface area contributed by atoms with Crippen molar-refractivity contribution >= 4 is 5.91 Å². The number of carbonyl (C=O) groups is 1. The van der Waals surface area contributed by atoms with Crippen molar-refractivity contribution in [1.29, 1.82) is 5.26 Å². The van der Waals surface area contributed by atoms with E-state index >= 15 is 0 Å². The second-order valence-electron chi connectivity index (χ2n) is 5.16. The fraction of sp³-hybridized carbons (Fsp3) is 0.846. The number of nitrogens with one attached hydrogen (secondary N) is 1. The molecule has 17 heavy (non-hydrogen) atoms. The lowest BCUT2D eigenvalue weighted by Crippen LogP contribution is -2.45. The monoisotopic (exact) mass is 235 g/mol. The summed E-state index contributed by atoms with van der Waals surface area (Å²) in [5, 5.41) is 11.8. The number of amides is 1. The molecule has 2 atom stereocenters. The minimum Gasteiger partial charge on any atom is -0.359 e. The third-order valence-electron chi connectivity index (χ3n) is 4.26. The van der Waals surface area contributed by atoms with Gasteiger partial charge in [0.05, 0.1) is 12.0 Å². The van der Waals surface area contributed by atoms with Gasteiger partial charge in [0.15, 0.2) is 0 Å². The Morgan fingerprint density at radius 2 is 2.00 bits per heavy atom. The van der Waals surface area contributed by atoms with E-state index in [0.29, 0.717) is 6.04 Å². The predicted octanol–water partition coefficient (Wildman–Crippen LogP) is 1.14. The van der Waals surface area contributed by atoms with Gasteiger partial charge in [0.2, 0.25) is 5.91 Å². The van der Waals surface area contributed by atoms with Crippen molar-refractivity contribution in [3.63, 3.8) is 0 Å². The summed E-state index contributed by atoms with van der Waals surface area (Å²) in [5.41, 5.74) is 0. The van der Waals surface area contributed by atoms with E-state index in [2.05, 4.69) is 16.3 Å². The maximum Gasteiger partial charge on any atom is 0.222 e. The van der Waals surface area contributed by atoms with Crippen LogP contribution in [0.2, 0.25) is 0 Å². The molecule has 1 aliphatic carbocycles. The lowest BCUT2D eigenvalue weighted by atomic mass is 9.93. The molecule has 0 aromatic heterocycles. The number of hydrogen-bond donors (Lipinski definition) is 1. The van der Waals surface area contributed by atoms with Gasteiger partial charge in [-0.25, -0.2) is 0 Å². The lowest BCUT2D eigenvalue weighted by Gasteiger charge is -2.36. The summed E-state index contributed by atoms with van der Waals surface area (Å²) in [4.78, 5) is 14.0. The van der Waals surface area contributed by atoms with Crippen LogP contribution in [-0.2, 0) is 4.79 Å². The van der Waals surface area contributed by atoms with Crippen molar-refractivity contribution in [1.82, 2.24) is 10.2 Å². The molecule has 1 saturated carbocycles. The number of nitrogens with zero attached hydrogens (tertiary/aromatic N) is 2. The smallest absolute Gasteiger partial charge is 0.222 e. The molecule has 2 aliphatic rings. The van der Waals surface area contributed by atoms with E-state index in [9.17, 15) is 4.79 Å². The zero-order valence-corrected chi connectivity index (χ0v) is 10.5. The normalized spacial score (nSPS) is 31.1. The molecular formula is C13H21N3O. The van der Waals surface area contributed by atoms with E-state index < -0.39 is 0 Å². The third kappa shape index (κ3) is 2.61. The van der Waals surface area contributed by atoms with Gasteiger partial charge in [0.1, 0.15) is 0 Å². The first-order valence-electron chi connectivity index (χ1n) is 6.61.